The maximum Gasteiger partial charge on any atom is 0.225 e. The Morgan fingerprint density at radius 3 is 3.09 bits per heavy atom. The van der Waals surface area contributed by atoms with E-state index in [4.69, 9.17) is 9.47 Å². The second-order valence-electron chi connectivity index (χ2n) is 5.50. The highest BCUT2D eigenvalue weighted by atomic mass is 19.1. The van der Waals surface area contributed by atoms with Gasteiger partial charge in [-0.05, 0) is 18.2 Å². The van der Waals surface area contributed by atoms with Crippen LogP contribution in [0.15, 0.2) is 30.6 Å². The molecule has 2 heterocycles. The van der Waals surface area contributed by atoms with E-state index in [1.807, 2.05) is 0 Å². The van der Waals surface area contributed by atoms with E-state index in [2.05, 4.69) is 15.3 Å². The number of methoxy groups -OCH3 is 1. The molecule has 0 radical (unpaired) electrons. The van der Waals surface area contributed by atoms with Crippen molar-refractivity contribution < 1.29 is 18.7 Å². The van der Waals surface area contributed by atoms with Gasteiger partial charge in [-0.25, -0.2) is 9.37 Å². The number of benzene rings is 1. The van der Waals surface area contributed by atoms with Gasteiger partial charge in [0.2, 0.25) is 5.91 Å². The van der Waals surface area contributed by atoms with Crippen molar-refractivity contribution in [3.8, 4) is 5.75 Å². The molecule has 0 saturated carbocycles. The molecule has 1 atom stereocenters. The van der Waals surface area contributed by atoms with Crippen LogP contribution in [0.2, 0.25) is 0 Å². The molecule has 1 aliphatic heterocycles. The molecular weight excluding hydrogens is 301 g/mol. The van der Waals surface area contributed by atoms with Gasteiger partial charge in [0.15, 0.2) is 0 Å². The molecule has 1 saturated heterocycles. The zero-order valence-electron chi connectivity index (χ0n) is 12.8. The van der Waals surface area contributed by atoms with Crippen molar-refractivity contribution >= 4 is 5.91 Å². The van der Waals surface area contributed by atoms with Crippen molar-refractivity contribution in [3.63, 3.8) is 0 Å². The first-order chi connectivity index (χ1) is 11.1. The lowest BCUT2D eigenvalue weighted by molar-refractivity contribution is -0.122. The molecule has 1 amide bonds. The van der Waals surface area contributed by atoms with Gasteiger partial charge in [-0.3, -0.25) is 4.79 Å². The summed E-state index contributed by atoms with van der Waals surface area (Å²) in [5.41, 5.74) is -0.167. The van der Waals surface area contributed by atoms with Crippen molar-refractivity contribution in [1.82, 2.24) is 15.3 Å². The predicted octanol–water partition coefficient (Wildman–Crippen LogP) is 1.53. The Morgan fingerprint density at radius 1 is 1.57 bits per heavy atom. The number of hydrogen-bond donors (Lipinski definition) is 2. The Kier molecular flexibility index (Phi) is 4.29. The van der Waals surface area contributed by atoms with Crippen LogP contribution in [0.25, 0.3) is 0 Å². The van der Waals surface area contributed by atoms with Gasteiger partial charge in [-0.15, -0.1) is 0 Å². The highest BCUT2D eigenvalue weighted by molar-refractivity contribution is 5.80. The topological polar surface area (TPSA) is 76.2 Å². The summed E-state index contributed by atoms with van der Waals surface area (Å²) >= 11 is 0. The lowest BCUT2D eigenvalue weighted by Crippen LogP contribution is -2.47. The van der Waals surface area contributed by atoms with Crippen LogP contribution in [-0.2, 0) is 21.5 Å². The van der Waals surface area contributed by atoms with E-state index in [0.29, 0.717) is 36.8 Å². The van der Waals surface area contributed by atoms with Crippen molar-refractivity contribution in [2.75, 3.05) is 20.3 Å². The lowest BCUT2D eigenvalue weighted by Gasteiger charge is -2.26. The Hall–Kier alpha value is -2.41. The number of amides is 1. The summed E-state index contributed by atoms with van der Waals surface area (Å²) in [5.74, 6) is 0.500. The van der Waals surface area contributed by atoms with Crippen LogP contribution in [0.1, 0.15) is 17.8 Å². The number of nitrogens with zero attached hydrogens (tertiary/aromatic N) is 1. The lowest BCUT2D eigenvalue weighted by atomic mass is 9.97. The number of aromatic amines is 1. The number of aromatic nitrogens is 2. The van der Waals surface area contributed by atoms with Gasteiger partial charge in [0.25, 0.3) is 0 Å². The molecule has 3 rings (SSSR count). The highest BCUT2D eigenvalue weighted by Gasteiger charge is 2.40. The standard InChI is InChI=1S/C16H18FN3O3/c1-22-13-3-2-12(17)8-11(13)9-14(21)20-16(4-7-23-10-16)15-18-5-6-19-15/h2-3,5-6,8H,4,7,9-10H2,1H3,(H,18,19)(H,20,21). The summed E-state index contributed by atoms with van der Waals surface area (Å²) in [7, 11) is 1.49. The van der Waals surface area contributed by atoms with Crippen LogP contribution < -0.4 is 10.1 Å². The molecule has 1 aliphatic rings. The summed E-state index contributed by atoms with van der Waals surface area (Å²) in [6.07, 6.45) is 3.99. The molecule has 0 spiro atoms. The van der Waals surface area contributed by atoms with Crippen molar-refractivity contribution in [3.05, 3.63) is 47.8 Å². The zero-order chi connectivity index (χ0) is 16.3. The Bertz CT molecular complexity index is 682. The van der Waals surface area contributed by atoms with E-state index in [9.17, 15) is 9.18 Å². The van der Waals surface area contributed by atoms with Crippen molar-refractivity contribution in [1.29, 1.82) is 0 Å². The maximum absolute atomic E-state index is 13.4. The van der Waals surface area contributed by atoms with Gasteiger partial charge in [-0.1, -0.05) is 0 Å². The zero-order valence-corrected chi connectivity index (χ0v) is 12.8. The summed E-state index contributed by atoms with van der Waals surface area (Å²) in [4.78, 5) is 19.7. The van der Waals surface area contributed by atoms with Gasteiger partial charge in [0.1, 0.15) is 22.9 Å². The van der Waals surface area contributed by atoms with Crippen molar-refractivity contribution in [2.24, 2.45) is 0 Å². The number of hydrogen-bond acceptors (Lipinski definition) is 4. The number of carbonyl (C=O) groups excluding carboxylic acids is 1. The first-order valence-electron chi connectivity index (χ1n) is 7.34. The third-order valence-electron chi connectivity index (χ3n) is 3.95. The number of ether oxygens (including phenoxy) is 2. The van der Waals surface area contributed by atoms with Crippen LogP contribution in [0, 0.1) is 5.82 Å². The molecule has 7 heteroatoms. The smallest absolute Gasteiger partial charge is 0.225 e. The molecule has 0 bridgehead atoms. The number of rotatable bonds is 5. The number of H-pyrrole nitrogens is 1. The molecular formula is C16H18FN3O3. The normalized spacial score (nSPS) is 20.4. The minimum atomic E-state index is -0.666. The Balaban J connectivity index is 1.77. The van der Waals surface area contributed by atoms with Gasteiger partial charge >= 0.3 is 0 Å². The third-order valence-corrected chi connectivity index (χ3v) is 3.95. The second kappa shape index (κ2) is 6.37. The average molecular weight is 319 g/mol. The van der Waals surface area contributed by atoms with Gasteiger partial charge in [0, 0.05) is 31.0 Å². The third kappa shape index (κ3) is 3.19. The van der Waals surface area contributed by atoms with E-state index in [0.717, 1.165) is 0 Å². The molecule has 1 fully saturated rings. The SMILES string of the molecule is COc1ccc(F)cc1CC(=O)NC1(c2ncc[nH]2)CCOC1. The van der Waals surface area contributed by atoms with Crippen LogP contribution in [0.5, 0.6) is 5.75 Å². The molecule has 23 heavy (non-hydrogen) atoms. The fourth-order valence-corrected chi connectivity index (χ4v) is 2.81. The average Bonchev–Trinajstić information content (AvgIpc) is 3.19. The number of carbonyl (C=O) groups is 1. The molecule has 122 valence electrons. The molecule has 1 aromatic heterocycles. The van der Waals surface area contributed by atoms with Crippen LogP contribution >= 0.6 is 0 Å². The fourth-order valence-electron chi connectivity index (χ4n) is 2.81. The molecule has 0 aliphatic carbocycles. The van der Waals surface area contributed by atoms with E-state index < -0.39 is 11.4 Å². The molecule has 2 aromatic rings. The second-order valence-corrected chi connectivity index (χ2v) is 5.50. The molecule has 1 aromatic carbocycles. The first-order valence-corrected chi connectivity index (χ1v) is 7.34. The van der Waals surface area contributed by atoms with Gasteiger partial charge in [0.05, 0.1) is 20.1 Å². The monoisotopic (exact) mass is 319 g/mol. The Morgan fingerprint density at radius 2 is 2.43 bits per heavy atom. The largest absolute Gasteiger partial charge is 0.496 e. The van der Waals surface area contributed by atoms with E-state index in [1.54, 1.807) is 12.4 Å². The van der Waals surface area contributed by atoms with E-state index in [-0.39, 0.29) is 12.3 Å². The Labute approximate surface area is 133 Å². The van der Waals surface area contributed by atoms with Crippen LogP contribution in [-0.4, -0.2) is 36.2 Å². The van der Waals surface area contributed by atoms with Gasteiger partial charge in [-0.2, -0.15) is 0 Å². The molecule has 1 unspecified atom stereocenters. The summed E-state index contributed by atoms with van der Waals surface area (Å²) in [6, 6.07) is 4.12. The molecule has 6 nitrogen and oxygen atoms in total. The minimum Gasteiger partial charge on any atom is -0.496 e. The van der Waals surface area contributed by atoms with Crippen LogP contribution in [0.4, 0.5) is 4.39 Å². The quantitative estimate of drug-likeness (QED) is 0.876. The minimum absolute atomic E-state index is 0.0173. The first kappa shape index (κ1) is 15.5. The number of halogens is 1. The van der Waals surface area contributed by atoms with Crippen molar-refractivity contribution in [2.45, 2.75) is 18.4 Å². The maximum atomic E-state index is 13.4. The predicted molar refractivity (Wildman–Crippen MR) is 80.5 cm³/mol. The molecule has 2 N–H and O–H groups in total. The summed E-state index contributed by atoms with van der Waals surface area (Å²) < 4.78 is 24.0. The van der Waals surface area contributed by atoms with Crippen LogP contribution in [0.3, 0.4) is 0 Å². The van der Waals surface area contributed by atoms with E-state index in [1.165, 1.54) is 25.3 Å². The summed E-state index contributed by atoms with van der Waals surface area (Å²) in [6.45, 7) is 0.900. The summed E-state index contributed by atoms with van der Waals surface area (Å²) in [5, 5.41) is 2.98. The highest BCUT2D eigenvalue weighted by Crippen LogP contribution is 2.28. The number of imidazole rings is 1. The van der Waals surface area contributed by atoms with Gasteiger partial charge < -0.3 is 19.8 Å². The number of nitrogens with one attached hydrogen (secondary N) is 2. The van der Waals surface area contributed by atoms with E-state index >= 15 is 0 Å². The fraction of sp³-hybridized carbons (Fsp3) is 0.375.